The molecule has 0 aliphatic carbocycles. The van der Waals surface area contributed by atoms with E-state index in [9.17, 15) is 25.9 Å². The number of allylic oxidation sites excluding steroid dienone is 2. The summed E-state index contributed by atoms with van der Waals surface area (Å²) in [5.41, 5.74) is 2.20. The van der Waals surface area contributed by atoms with Gasteiger partial charge in [0.1, 0.15) is 0 Å². The molecule has 0 saturated carbocycles. The summed E-state index contributed by atoms with van der Waals surface area (Å²) in [6, 6.07) is 10.3. The van der Waals surface area contributed by atoms with Crippen molar-refractivity contribution in [2.24, 2.45) is 0 Å². The maximum atomic E-state index is 11.5. The van der Waals surface area contributed by atoms with E-state index >= 15 is 0 Å². The van der Waals surface area contributed by atoms with Crippen molar-refractivity contribution in [3.8, 4) is 11.5 Å². The van der Waals surface area contributed by atoms with Gasteiger partial charge in [-0.15, -0.1) is 0 Å². The largest absolute Gasteiger partial charge is 0.439 e. The number of ether oxygens (including phenoxy) is 2. The molecule has 39 heavy (non-hydrogen) atoms. The van der Waals surface area contributed by atoms with Crippen LogP contribution in [0, 0.1) is 0 Å². The molecule has 0 aromatic heterocycles. The maximum absolute atomic E-state index is 11.5. The number of benzene rings is 2. The summed E-state index contributed by atoms with van der Waals surface area (Å²) in [5.74, 6) is 0.650. The normalized spacial score (nSPS) is 19.3. The second-order valence-electron chi connectivity index (χ2n) is 9.35. The minimum absolute atomic E-state index is 0.0116. The highest BCUT2D eigenvalue weighted by molar-refractivity contribution is 7.86. The molecule has 10 nitrogen and oxygen atoms in total. The zero-order valence-electron chi connectivity index (χ0n) is 21.0. The fraction of sp³-hybridized carbons (Fsp3) is 0.360. The van der Waals surface area contributed by atoms with Gasteiger partial charge in [0.2, 0.25) is 0 Å². The number of rotatable bonds is 11. The molecule has 0 radical (unpaired) electrons. The average molecular weight is 621 g/mol. The molecular weight excluding hydrogens is 591 g/mol. The Morgan fingerprint density at radius 3 is 2.15 bits per heavy atom. The quantitative estimate of drug-likeness (QED) is 0.227. The highest BCUT2D eigenvalue weighted by atomic mass is 35.5. The maximum Gasteiger partial charge on any atom is 0.265 e. The van der Waals surface area contributed by atoms with Crippen LogP contribution < -0.4 is 19.3 Å². The number of fused-ring (bicyclic) bond motifs is 2. The van der Waals surface area contributed by atoms with Crippen LogP contribution in [0.3, 0.4) is 0 Å². The van der Waals surface area contributed by atoms with E-state index in [1.165, 1.54) is 0 Å². The molecular formula is C25H29Cl2N2O8S2+. The van der Waals surface area contributed by atoms with Crippen molar-refractivity contribution in [3.63, 3.8) is 0 Å². The Balaban J connectivity index is 1.72. The molecule has 1 unspecified atom stereocenters. The van der Waals surface area contributed by atoms with Crippen molar-refractivity contribution in [3.05, 3.63) is 70.1 Å². The van der Waals surface area contributed by atoms with Gasteiger partial charge in [-0.1, -0.05) is 30.1 Å². The summed E-state index contributed by atoms with van der Waals surface area (Å²) in [6.45, 7) is 2.32. The minimum atomic E-state index is -4.23. The topological polar surface area (TPSA) is 139 Å². The van der Waals surface area contributed by atoms with Gasteiger partial charge in [-0.05, 0) is 42.3 Å². The first-order valence-electron chi connectivity index (χ1n) is 12.2. The summed E-state index contributed by atoms with van der Waals surface area (Å²) >= 11 is 12.4. The van der Waals surface area contributed by atoms with Crippen LogP contribution in [0.1, 0.15) is 26.2 Å². The third-order valence-corrected chi connectivity index (χ3v) is 8.63. The van der Waals surface area contributed by atoms with Crippen LogP contribution in [0.4, 0.5) is 11.4 Å². The van der Waals surface area contributed by atoms with Gasteiger partial charge in [-0.2, -0.15) is 16.8 Å². The lowest BCUT2D eigenvalue weighted by molar-refractivity contribution is 0.105. The van der Waals surface area contributed by atoms with Crippen molar-refractivity contribution in [2.75, 3.05) is 29.9 Å². The van der Waals surface area contributed by atoms with E-state index in [1.54, 1.807) is 36.4 Å². The molecule has 3 N–H and O–H groups in total. The van der Waals surface area contributed by atoms with Crippen molar-refractivity contribution >= 4 is 54.8 Å². The van der Waals surface area contributed by atoms with E-state index < -0.39 is 38.0 Å². The molecule has 0 fully saturated rings. The first-order chi connectivity index (χ1) is 18.3. The Morgan fingerprint density at radius 2 is 1.56 bits per heavy atom. The molecule has 0 amide bonds. The lowest BCUT2D eigenvalue weighted by atomic mass is 10.1. The van der Waals surface area contributed by atoms with E-state index in [2.05, 4.69) is 5.32 Å². The fourth-order valence-corrected chi connectivity index (χ4v) is 6.13. The van der Waals surface area contributed by atoms with E-state index in [0.717, 1.165) is 11.3 Å². The molecule has 0 spiro atoms. The summed E-state index contributed by atoms with van der Waals surface area (Å²) in [6.07, 6.45) is 3.72. The number of halogens is 2. The van der Waals surface area contributed by atoms with E-state index in [-0.39, 0.29) is 30.4 Å². The number of hydrogen-bond acceptors (Lipinski definition) is 7. The number of quaternary nitrogens is 1. The predicted octanol–water partition coefficient (Wildman–Crippen LogP) is 5.26. The predicted molar refractivity (Wildman–Crippen MR) is 152 cm³/mol. The Kier molecular flexibility index (Phi) is 8.86. The van der Waals surface area contributed by atoms with Crippen LogP contribution in [-0.2, 0) is 20.2 Å². The second-order valence-corrected chi connectivity index (χ2v) is 13.4. The van der Waals surface area contributed by atoms with Gasteiger partial charge in [-0.25, -0.2) is 4.48 Å². The lowest BCUT2D eigenvalue weighted by Crippen LogP contribution is -2.57. The Morgan fingerprint density at radius 1 is 0.974 bits per heavy atom. The van der Waals surface area contributed by atoms with Crippen molar-refractivity contribution in [1.82, 2.24) is 4.48 Å². The fourth-order valence-electron chi connectivity index (χ4n) is 4.80. The van der Waals surface area contributed by atoms with E-state index in [1.807, 2.05) is 19.1 Å². The zero-order valence-corrected chi connectivity index (χ0v) is 24.2. The highest BCUT2D eigenvalue weighted by Gasteiger charge is 2.47. The summed E-state index contributed by atoms with van der Waals surface area (Å²) in [5, 5.41) is 4.16. The monoisotopic (exact) mass is 619 g/mol. The smallest absolute Gasteiger partial charge is 0.265 e. The summed E-state index contributed by atoms with van der Waals surface area (Å²) in [4.78, 5) is 0. The second kappa shape index (κ2) is 11.7. The summed E-state index contributed by atoms with van der Waals surface area (Å²) in [7, 11) is -8.47. The van der Waals surface area contributed by atoms with E-state index in [4.69, 9.17) is 32.7 Å². The van der Waals surface area contributed by atoms with Crippen molar-refractivity contribution < 1.29 is 35.4 Å². The number of hydrogen-bond donors (Lipinski definition) is 3. The van der Waals surface area contributed by atoms with Crippen molar-refractivity contribution in [1.29, 1.82) is 0 Å². The molecule has 2 heterocycles. The molecule has 0 saturated heterocycles. The van der Waals surface area contributed by atoms with Crippen LogP contribution in [0.25, 0.3) is 0 Å². The SMILES string of the molecule is CCC(=CC1Oc2ccc(Cl)cc2[N+]1(CCCS(=O)(=O)O)CCCS(=O)(=O)O)C=C1Nc2cc(Cl)ccc2O1. The molecule has 2 aliphatic rings. The number of nitrogens with one attached hydrogen (secondary N) is 1. The van der Waals surface area contributed by atoms with Crippen LogP contribution in [0.5, 0.6) is 11.5 Å². The van der Waals surface area contributed by atoms with Gasteiger partial charge in [0.15, 0.2) is 23.1 Å². The molecule has 2 aliphatic heterocycles. The van der Waals surface area contributed by atoms with Gasteiger partial charge in [0.05, 0.1) is 30.3 Å². The zero-order chi connectivity index (χ0) is 28.4. The van der Waals surface area contributed by atoms with Gasteiger partial charge < -0.3 is 14.8 Å². The third-order valence-electron chi connectivity index (χ3n) is 6.56. The minimum Gasteiger partial charge on any atom is -0.439 e. The number of anilines is 1. The van der Waals surface area contributed by atoms with Gasteiger partial charge in [0.25, 0.3) is 26.5 Å². The van der Waals surface area contributed by atoms with Gasteiger partial charge in [0, 0.05) is 41.1 Å². The number of nitrogens with zero attached hydrogens (tertiary/aromatic N) is 1. The Bertz CT molecular complexity index is 1490. The van der Waals surface area contributed by atoms with Crippen LogP contribution >= 0.6 is 23.2 Å². The molecule has 0 bridgehead atoms. The molecule has 14 heteroatoms. The lowest BCUT2D eigenvalue weighted by Gasteiger charge is -2.37. The van der Waals surface area contributed by atoms with Crippen LogP contribution in [0.15, 0.2) is 60.0 Å². The van der Waals surface area contributed by atoms with Gasteiger partial charge >= 0.3 is 0 Å². The summed E-state index contributed by atoms with van der Waals surface area (Å²) < 4.78 is 76.9. The first kappa shape index (κ1) is 29.7. The molecule has 2 aromatic carbocycles. The standard InChI is InChI=1S/C25H28Cl2N2O8S2/c1-2-17(13-24-28-20-15-18(26)5-7-22(20)36-24)14-25-29(9-3-11-38(30,31)32,10-4-12-39(33,34)35)21-16-19(27)6-8-23(21)37-25/h5-8,13-16,25,28H,2-4,9-12H2,1H3,(H-,30,31,32,33,34,35)/p+1. The molecule has 4 rings (SSSR count). The van der Waals surface area contributed by atoms with Crippen molar-refractivity contribution in [2.45, 2.75) is 32.4 Å². The highest BCUT2D eigenvalue weighted by Crippen LogP contribution is 2.46. The Labute approximate surface area is 237 Å². The molecule has 212 valence electrons. The molecule has 2 aromatic rings. The van der Waals surface area contributed by atoms with Crippen LogP contribution in [0.2, 0.25) is 10.0 Å². The molecule has 1 atom stereocenters. The average Bonchev–Trinajstić information content (AvgIpc) is 3.35. The van der Waals surface area contributed by atoms with E-state index in [0.29, 0.717) is 39.5 Å². The Hall–Kier alpha value is -2.32. The third kappa shape index (κ3) is 7.46. The van der Waals surface area contributed by atoms with Crippen LogP contribution in [-0.4, -0.2) is 56.8 Å². The van der Waals surface area contributed by atoms with Gasteiger partial charge in [-0.3, -0.25) is 9.11 Å². The first-order valence-corrected chi connectivity index (χ1v) is 16.2.